The van der Waals surface area contributed by atoms with E-state index in [4.69, 9.17) is 0 Å². The molecule has 116 valence electrons. The molecule has 1 fully saturated rings. The smallest absolute Gasteiger partial charge is 0.324 e. The van der Waals surface area contributed by atoms with Crippen molar-refractivity contribution in [1.82, 2.24) is 10.2 Å². The summed E-state index contributed by atoms with van der Waals surface area (Å²) in [6.07, 6.45) is 4.13. The van der Waals surface area contributed by atoms with Crippen LogP contribution in [0.5, 0.6) is 0 Å². The van der Waals surface area contributed by atoms with E-state index in [1.165, 1.54) is 17.5 Å². The average molecular weight is 301 g/mol. The lowest BCUT2D eigenvalue weighted by atomic mass is 10.1. The third kappa shape index (κ3) is 3.10. The fourth-order valence-electron chi connectivity index (χ4n) is 2.95. The number of nitrogens with one attached hydrogen (secondary N) is 2. The number of imide groups is 1. The van der Waals surface area contributed by atoms with Gasteiger partial charge < -0.3 is 10.6 Å². The Hall–Kier alpha value is -2.37. The van der Waals surface area contributed by atoms with Gasteiger partial charge in [0.15, 0.2) is 0 Å². The summed E-state index contributed by atoms with van der Waals surface area (Å²) in [7, 11) is 0. The Bertz CT molecular complexity index is 611. The highest BCUT2D eigenvalue weighted by Gasteiger charge is 2.27. The van der Waals surface area contributed by atoms with Crippen LogP contribution < -0.4 is 10.6 Å². The number of urea groups is 1. The van der Waals surface area contributed by atoms with Gasteiger partial charge in [-0.2, -0.15) is 0 Å². The van der Waals surface area contributed by atoms with Crippen LogP contribution in [-0.2, 0) is 22.4 Å². The molecule has 0 bridgehead atoms. The van der Waals surface area contributed by atoms with Crippen molar-refractivity contribution in [3.8, 4) is 0 Å². The molecule has 2 aliphatic rings. The molecule has 1 aliphatic heterocycles. The van der Waals surface area contributed by atoms with Gasteiger partial charge in [0.25, 0.3) is 0 Å². The van der Waals surface area contributed by atoms with Crippen LogP contribution in [0.25, 0.3) is 0 Å². The van der Waals surface area contributed by atoms with Crippen molar-refractivity contribution in [2.75, 3.05) is 18.4 Å². The van der Waals surface area contributed by atoms with E-state index in [1.807, 2.05) is 12.1 Å². The van der Waals surface area contributed by atoms with E-state index in [9.17, 15) is 14.4 Å². The Labute approximate surface area is 128 Å². The molecule has 0 unspecified atom stereocenters. The average Bonchev–Trinajstić information content (AvgIpc) is 3.07. The van der Waals surface area contributed by atoms with E-state index < -0.39 is 0 Å². The van der Waals surface area contributed by atoms with Crippen molar-refractivity contribution in [1.29, 1.82) is 0 Å². The lowest BCUT2D eigenvalue weighted by Gasteiger charge is -2.12. The van der Waals surface area contributed by atoms with Gasteiger partial charge in [0, 0.05) is 18.7 Å². The number of nitrogens with zero attached hydrogens (tertiary/aromatic N) is 1. The van der Waals surface area contributed by atoms with Gasteiger partial charge in [0.1, 0.15) is 0 Å². The second-order valence-electron chi connectivity index (χ2n) is 5.69. The van der Waals surface area contributed by atoms with Gasteiger partial charge in [-0.15, -0.1) is 0 Å². The van der Waals surface area contributed by atoms with Crippen LogP contribution in [0.3, 0.4) is 0 Å². The first-order chi connectivity index (χ1) is 10.6. The van der Waals surface area contributed by atoms with Gasteiger partial charge in [-0.25, -0.2) is 4.79 Å². The van der Waals surface area contributed by atoms with Crippen molar-refractivity contribution in [3.05, 3.63) is 29.3 Å². The number of rotatable bonds is 5. The fourth-order valence-corrected chi connectivity index (χ4v) is 2.95. The zero-order valence-corrected chi connectivity index (χ0v) is 12.4. The number of hydrogen-bond acceptors (Lipinski definition) is 3. The molecule has 2 N–H and O–H groups in total. The highest BCUT2D eigenvalue weighted by Crippen LogP contribution is 2.24. The molecule has 1 heterocycles. The Morgan fingerprint density at radius 3 is 2.82 bits per heavy atom. The number of hydrogen-bond donors (Lipinski definition) is 2. The standard InChI is InChI=1S/C16H19N3O3/c20-14(5-2-8-19-15(21)10-17-16(19)22)18-13-7-6-11-3-1-4-12(11)9-13/h6-7,9H,1-5,8,10H2,(H,17,22)(H,18,20). The maximum atomic E-state index is 11.9. The monoisotopic (exact) mass is 301 g/mol. The van der Waals surface area contributed by atoms with Crippen LogP contribution in [0.2, 0.25) is 0 Å². The Balaban J connectivity index is 1.46. The summed E-state index contributed by atoms with van der Waals surface area (Å²) in [6.45, 7) is 0.336. The minimum atomic E-state index is -0.371. The zero-order chi connectivity index (χ0) is 15.5. The molecular formula is C16H19N3O3. The highest BCUT2D eigenvalue weighted by atomic mass is 16.2. The predicted molar refractivity (Wildman–Crippen MR) is 81.4 cm³/mol. The highest BCUT2D eigenvalue weighted by molar-refractivity contribution is 6.02. The number of fused-ring (bicyclic) bond motifs is 1. The number of benzene rings is 1. The lowest BCUT2D eigenvalue weighted by molar-refractivity contribution is -0.125. The van der Waals surface area contributed by atoms with Crippen molar-refractivity contribution in [2.45, 2.75) is 32.1 Å². The van der Waals surface area contributed by atoms with E-state index in [0.29, 0.717) is 6.42 Å². The molecular weight excluding hydrogens is 282 g/mol. The van der Waals surface area contributed by atoms with Crippen LogP contribution in [0, 0.1) is 0 Å². The third-order valence-electron chi connectivity index (χ3n) is 4.10. The number of carbonyl (C=O) groups excluding carboxylic acids is 3. The molecule has 0 aromatic heterocycles. The van der Waals surface area contributed by atoms with Gasteiger partial charge >= 0.3 is 6.03 Å². The van der Waals surface area contributed by atoms with Crippen LogP contribution in [0.4, 0.5) is 10.5 Å². The Morgan fingerprint density at radius 1 is 1.23 bits per heavy atom. The first-order valence-corrected chi connectivity index (χ1v) is 7.63. The summed E-state index contributed by atoms with van der Waals surface area (Å²) in [4.78, 5) is 35.8. The largest absolute Gasteiger partial charge is 0.329 e. The van der Waals surface area contributed by atoms with E-state index in [2.05, 4.69) is 16.7 Å². The van der Waals surface area contributed by atoms with E-state index in [0.717, 1.165) is 23.4 Å². The van der Waals surface area contributed by atoms with Gasteiger partial charge in [-0.1, -0.05) is 6.07 Å². The SMILES string of the molecule is O=C(CCCN1C(=O)CNC1=O)Nc1ccc2c(c1)CCC2. The molecule has 0 radical (unpaired) electrons. The zero-order valence-electron chi connectivity index (χ0n) is 12.4. The molecule has 1 aliphatic carbocycles. The number of carbonyl (C=O) groups is 3. The minimum Gasteiger partial charge on any atom is -0.329 e. The number of aryl methyl sites for hydroxylation is 2. The van der Waals surface area contributed by atoms with Gasteiger partial charge in [0.2, 0.25) is 11.8 Å². The second-order valence-corrected chi connectivity index (χ2v) is 5.69. The molecule has 0 spiro atoms. The minimum absolute atomic E-state index is 0.0557. The fraction of sp³-hybridized carbons (Fsp3) is 0.438. The van der Waals surface area contributed by atoms with E-state index in [1.54, 1.807) is 0 Å². The van der Waals surface area contributed by atoms with Crippen LogP contribution in [-0.4, -0.2) is 35.8 Å². The van der Waals surface area contributed by atoms with Gasteiger partial charge in [-0.05, 0) is 48.9 Å². The molecule has 3 rings (SSSR count). The molecule has 0 saturated carbocycles. The first-order valence-electron chi connectivity index (χ1n) is 7.63. The topological polar surface area (TPSA) is 78.5 Å². The summed E-state index contributed by atoms with van der Waals surface area (Å²) in [6, 6.07) is 5.67. The Morgan fingerprint density at radius 2 is 2.05 bits per heavy atom. The summed E-state index contributed by atoms with van der Waals surface area (Å²) >= 11 is 0. The normalized spacial score (nSPS) is 16.6. The third-order valence-corrected chi connectivity index (χ3v) is 4.10. The first kappa shape index (κ1) is 14.6. The number of anilines is 1. The van der Waals surface area contributed by atoms with Crippen molar-refractivity contribution in [3.63, 3.8) is 0 Å². The summed E-state index contributed by atoms with van der Waals surface area (Å²) in [5.74, 6) is -0.325. The van der Waals surface area contributed by atoms with Crippen molar-refractivity contribution >= 4 is 23.5 Å². The molecule has 22 heavy (non-hydrogen) atoms. The molecule has 0 atom stereocenters. The molecule has 4 amide bonds. The van der Waals surface area contributed by atoms with Gasteiger partial charge in [0.05, 0.1) is 6.54 Å². The van der Waals surface area contributed by atoms with E-state index >= 15 is 0 Å². The molecule has 6 nitrogen and oxygen atoms in total. The summed E-state index contributed by atoms with van der Waals surface area (Å²) < 4.78 is 0. The molecule has 1 aromatic carbocycles. The van der Waals surface area contributed by atoms with Crippen LogP contribution in [0.1, 0.15) is 30.4 Å². The van der Waals surface area contributed by atoms with Crippen molar-refractivity contribution in [2.24, 2.45) is 0 Å². The second kappa shape index (κ2) is 6.17. The molecule has 6 heteroatoms. The van der Waals surface area contributed by atoms with Gasteiger partial charge in [-0.3, -0.25) is 14.5 Å². The quantitative estimate of drug-likeness (QED) is 0.808. The van der Waals surface area contributed by atoms with E-state index in [-0.39, 0.29) is 37.4 Å². The Kier molecular flexibility index (Phi) is 4.09. The maximum Gasteiger partial charge on any atom is 0.324 e. The predicted octanol–water partition coefficient (Wildman–Crippen LogP) is 1.45. The molecule has 1 saturated heterocycles. The van der Waals surface area contributed by atoms with Crippen LogP contribution >= 0.6 is 0 Å². The summed E-state index contributed by atoms with van der Waals surface area (Å²) in [5.41, 5.74) is 3.51. The summed E-state index contributed by atoms with van der Waals surface area (Å²) in [5, 5.41) is 5.33. The van der Waals surface area contributed by atoms with Crippen LogP contribution in [0.15, 0.2) is 18.2 Å². The van der Waals surface area contributed by atoms with Crippen molar-refractivity contribution < 1.29 is 14.4 Å². The maximum absolute atomic E-state index is 11.9. The number of amides is 4. The molecule has 1 aromatic rings. The lowest BCUT2D eigenvalue weighted by Crippen LogP contribution is -2.32.